The molecule has 0 aliphatic carbocycles. The Kier molecular flexibility index (Phi) is 5.55. The number of thioether (sulfide) groups is 1. The lowest BCUT2D eigenvalue weighted by molar-refractivity contribution is 0.102. The van der Waals surface area contributed by atoms with Crippen LogP contribution in [0.4, 0.5) is 5.69 Å². The maximum absolute atomic E-state index is 12.6. The number of anilines is 1. The summed E-state index contributed by atoms with van der Waals surface area (Å²) >= 11 is 1.61. The van der Waals surface area contributed by atoms with Crippen molar-refractivity contribution < 1.29 is 4.79 Å². The first-order valence-corrected chi connectivity index (χ1v) is 10.7. The second-order valence-electron chi connectivity index (χ2n) is 8.08. The lowest BCUT2D eigenvalue weighted by Crippen LogP contribution is -2.14. The molecule has 2 N–H and O–H groups in total. The highest BCUT2D eigenvalue weighted by Crippen LogP contribution is 2.27. The third-order valence-corrected chi connectivity index (χ3v) is 5.86. The first-order valence-electron chi connectivity index (χ1n) is 9.68. The number of nitrogens with zero attached hydrogens (tertiary/aromatic N) is 3. The molecule has 0 atom stereocenters. The summed E-state index contributed by atoms with van der Waals surface area (Å²) in [7, 11) is 0. The van der Waals surface area contributed by atoms with E-state index in [2.05, 4.69) is 46.3 Å². The maximum Gasteiger partial charge on any atom is 0.255 e. The highest BCUT2D eigenvalue weighted by Gasteiger charge is 2.14. The second kappa shape index (κ2) is 8.28. The fourth-order valence-corrected chi connectivity index (χ4v) is 3.98. The minimum Gasteiger partial charge on any atom is -0.322 e. The van der Waals surface area contributed by atoms with Gasteiger partial charge in [0.05, 0.1) is 11.6 Å². The molecule has 2 aromatic carbocycles. The van der Waals surface area contributed by atoms with Crippen LogP contribution in [0.1, 0.15) is 42.3 Å². The number of hydrogen-bond donors (Lipinski definition) is 2. The lowest BCUT2D eigenvalue weighted by Gasteiger charge is -2.19. The second-order valence-corrected chi connectivity index (χ2v) is 9.05. The fourth-order valence-electron chi connectivity index (χ4n) is 3.07. The molecule has 0 fully saturated rings. The van der Waals surface area contributed by atoms with E-state index in [-0.39, 0.29) is 11.3 Å². The zero-order chi connectivity index (χ0) is 21.1. The van der Waals surface area contributed by atoms with Gasteiger partial charge in [-0.15, -0.1) is 11.8 Å². The summed E-state index contributed by atoms with van der Waals surface area (Å²) in [4.78, 5) is 21.2. The van der Waals surface area contributed by atoms with Gasteiger partial charge in [0.1, 0.15) is 11.4 Å². The summed E-state index contributed by atoms with van der Waals surface area (Å²) in [5, 5.41) is 11.7. The topological polar surface area (TPSA) is 83.6 Å². The molecule has 30 heavy (non-hydrogen) atoms. The van der Waals surface area contributed by atoms with Crippen molar-refractivity contribution in [1.29, 1.82) is 0 Å². The number of carbonyl (C=O) groups excluding carboxylic acids is 1. The van der Waals surface area contributed by atoms with Gasteiger partial charge in [0.15, 0.2) is 5.65 Å². The molecule has 2 aromatic heterocycles. The molecule has 7 heteroatoms. The summed E-state index contributed by atoms with van der Waals surface area (Å²) < 4.78 is 0. The van der Waals surface area contributed by atoms with Gasteiger partial charge in [0.25, 0.3) is 5.91 Å². The predicted octanol–water partition coefficient (Wildman–Crippen LogP) is 5.20. The number of aromatic nitrogens is 4. The van der Waals surface area contributed by atoms with Crippen LogP contribution in [0, 0.1) is 0 Å². The molecule has 4 aromatic rings. The molecule has 0 bridgehead atoms. The highest BCUT2D eigenvalue weighted by atomic mass is 32.2. The number of fused-ring (bicyclic) bond motifs is 1. The van der Waals surface area contributed by atoms with Gasteiger partial charge in [-0.25, -0.2) is 9.97 Å². The van der Waals surface area contributed by atoms with Gasteiger partial charge in [0.2, 0.25) is 0 Å². The van der Waals surface area contributed by atoms with Crippen molar-refractivity contribution in [2.45, 2.75) is 37.0 Å². The van der Waals surface area contributed by atoms with E-state index < -0.39 is 0 Å². The van der Waals surface area contributed by atoms with Crippen molar-refractivity contribution in [2.24, 2.45) is 0 Å². The van der Waals surface area contributed by atoms with Gasteiger partial charge in [-0.3, -0.25) is 9.89 Å². The molecule has 152 valence electrons. The van der Waals surface area contributed by atoms with Crippen molar-refractivity contribution >= 4 is 34.4 Å². The van der Waals surface area contributed by atoms with E-state index in [4.69, 9.17) is 0 Å². The molecule has 6 nitrogen and oxygen atoms in total. The van der Waals surface area contributed by atoms with Crippen LogP contribution in [0.3, 0.4) is 0 Å². The molecule has 0 saturated heterocycles. The van der Waals surface area contributed by atoms with Crippen LogP contribution in [0.15, 0.2) is 66.1 Å². The molecular formula is C23H23N5OS. The van der Waals surface area contributed by atoms with Gasteiger partial charge in [-0.2, -0.15) is 5.10 Å². The number of H-pyrrole nitrogens is 1. The smallest absolute Gasteiger partial charge is 0.255 e. The van der Waals surface area contributed by atoms with Crippen LogP contribution in [0.2, 0.25) is 0 Å². The first-order chi connectivity index (χ1) is 14.4. The molecule has 0 saturated carbocycles. The van der Waals surface area contributed by atoms with E-state index in [1.807, 2.05) is 48.5 Å². The van der Waals surface area contributed by atoms with Crippen LogP contribution in [0.5, 0.6) is 0 Å². The summed E-state index contributed by atoms with van der Waals surface area (Å²) in [6.07, 6.45) is 3.27. The maximum atomic E-state index is 12.6. The van der Waals surface area contributed by atoms with Gasteiger partial charge >= 0.3 is 0 Å². The Morgan fingerprint density at radius 1 is 1.10 bits per heavy atom. The molecule has 4 rings (SSSR count). The number of aromatic amines is 1. The lowest BCUT2D eigenvalue weighted by atomic mass is 9.87. The van der Waals surface area contributed by atoms with Gasteiger partial charge in [-0.1, -0.05) is 45.0 Å². The molecule has 0 radical (unpaired) electrons. The quantitative estimate of drug-likeness (QED) is 0.345. The van der Waals surface area contributed by atoms with Crippen molar-refractivity contribution in [3.8, 4) is 0 Å². The Bertz CT molecular complexity index is 1180. The first kappa shape index (κ1) is 20.1. The standard InChI is InChI=1S/C23H23N5OS/c1-23(2,3)17-9-7-16(8-10-17)21(29)27-18-6-4-5-15(11-18)13-30-22-19-12-26-28-20(19)24-14-25-22/h4-12,14H,13H2,1-3H3,(H,27,29)(H,24,25,26,28). The number of rotatable bonds is 5. The molecule has 0 unspecified atom stereocenters. The minimum atomic E-state index is -0.115. The zero-order valence-electron chi connectivity index (χ0n) is 17.1. The van der Waals surface area contributed by atoms with E-state index in [1.54, 1.807) is 18.0 Å². The van der Waals surface area contributed by atoms with Gasteiger partial charge in [0, 0.05) is 17.0 Å². The fraction of sp³-hybridized carbons (Fsp3) is 0.217. The average Bonchev–Trinajstić information content (AvgIpc) is 3.21. The normalized spacial score (nSPS) is 11.6. The highest BCUT2D eigenvalue weighted by molar-refractivity contribution is 7.98. The van der Waals surface area contributed by atoms with E-state index in [0.717, 1.165) is 33.1 Å². The molecule has 0 aliphatic heterocycles. The summed E-state index contributed by atoms with van der Waals surface area (Å²) in [6.45, 7) is 6.47. The molecule has 0 aliphatic rings. The number of carbonyl (C=O) groups is 1. The van der Waals surface area contributed by atoms with Crippen LogP contribution >= 0.6 is 11.8 Å². The van der Waals surface area contributed by atoms with Crippen LogP contribution in [0.25, 0.3) is 11.0 Å². The number of amides is 1. The molecule has 1 amide bonds. The Balaban J connectivity index is 1.43. The Morgan fingerprint density at radius 2 is 1.90 bits per heavy atom. The Labute approximate surface area is 179 Å². The largest absolute Gasteiger partial charge is 0.322 e. The van der Waals surface area contributed by atoms with E-state index in [1.165, 1.54) is 11.9 Å². The zero-order valence-corrected chi connectivity index (χ0v) is 18.0. The summed E-state index contributed by atoms with van der Waals surface area (Å²) in [5.74, 6) is 0.609. The van der Waals surface area contributed by atoms with Crippen molar-refractivity contribution in [2.75, 3.05) is 5.32 Å². The Morgan fingerprint density at radius 3 is 2.67 bits per heavy atom. The number of benzene rings is 2. The molecule has 0 spiro atoms. The van der Waals surface area contributed by atoms with Crippen LogP contribution in [-0.2, 0) is 11.2 Å². The van der Waals surface area contributed by atoms with E-state index >= 15 is 0 Å². The number of hydrogen-bond acceptors (Lipinski definition) is 5. The van der Waals surface area contributed by atoms with Crippen molar-refractivity contribution in [3.05, 3.63) is 77.7 Å². The number of nitrogens with one attached hydrogen (secondary N) is 2. The Hall–Kier alpha value is -3.19. The van der Waals surface area contributed by atoms with Crippen molar-refractivity contribution in [1.82, 2.24) is 20.2 Å². The van der Waals surface area contributed by atoms with E-state index in [9.17, 15) is 4.79 Å². The molecular weight excluding hydrogens is 394 g/mol. The summed E-state index contributed by atoms with van der Waals surface area (Å²) in [5.41, 5.74) is 4.50. The third-order valence-electron chi connectivity index (χ3n) is 4.78. The SMILES string of the molecule is CC(C)(C)c1ccc(C(=O)Nc2cccc(CSc3ncnc4[nH]ncc34)c2)cc1. The van der Waals surface area contributed by atoms with Gasteiger partial charge < -0.3 is 5.32 Å². The van der Waals surface area contributed by atoms with Crippen molar-refractivity contribution in [3.63, 3.8) is 0 Å². The monoisotopic (exact) mass is 417 g/mol. The van der Waals surface area contributed by atoms with Crippen LogP contribution in [-0.4, -0.2) is 26.1 Å². The third kappa shape index (κ3) is 4.52. The van der Waals surface area contributed by atoms with Crippen LogP contribution < -0.4 is 5.32 Å². The minimum absolute atomic E-state index is 0.0622. The summed E-state index contributed by atoms with van der Waals surface area (Å²) in [6, 6.07) is 15.6. The molecule has 2 heterocycles. The predicted molar refractivity (Wildman–Crippen MR) is 121 cm³/mol. The average molecular weight is 418 g/mol. The van der Waals surface area contributed by atoms with Gasteiger partial charge in [-0.05, 0) is 40.8 Å². The van der Waals surface area contributed by atoms with E-state index in [0.29, 0.717) is 5.56 Å².